The third kappa shape index (κ3) is 2.70. The van der Waals surface area contributed by atoms with Crippen molar-refractivity contribution in [3.8, 4) is 0 Å². The second-order valence-electron chi connectivity index (χ2n) is 4.71. The number of hydrogen-bond donors (Lipinski definition) is 0. The fourth-order valence-electron chi connectivity index (χ4n) is 2.35. The van der Waals surface area contributed by atoms with Crippen LogP contribution in [0.15, 0.2) is 12.1 Å². The second-order valence-corrected chi connectivity index (χ2v) is 5.52. The van der Waals surface area contributed by atoms with Crippen LogP contribution in [-0.2, 0) is 0 Å². The van der Waals surface area contributed by atoms with Crippen LogP contribution in [0.2, 0.25) is 10.0 Å². The minimum atomic E-state index is -0.486. The Bertz CT molecular complexity index is 456. The molecule has 0 unspecified atom stereocenters. The van der Waals surface area contributed by atoms with Gasteiger partial charge in [-0.1, -0.05) is 30.1 Å². The molecule has 98 valence electrons. The van der Waals surface area contributed by atoms with Crippen molar-refractivity contribution in [2.75, 3.05) is 18.0 Å². The van der Waals surface area contributed by atoms with Crippen LogP contribution in [-0.4, -0.2) is 18.0 Å². The van der Waals surface area contributed by atoms with Crippen molar-refractivity contribution < 1.29 is 4.92 Å². The summed E-state index contributed by atoms with van der Waals surface area (Å²) in [5.74, 6) is 0.584. The molecule has 1 atom stereocenters. The first-order valence-electron chi connectivity index (χ1n) is 5.87. The number of nitro benzene ring substituents is 1. The van der Waals surface area contributed by atoms with Gasteiger partial charge in [0.2, 0.25) is 0 Å². The van der Waals surface area contributed by atoms with Crippen molar-refractivity contribution in [2.45, 2.75) is 19.8 Å². The van der Waals surface area contributed by atoms with E-state index in [4.69, 9.17) is 23.2 Å². The van der Waals surface area contributed by atoms with Crippen LogP contribution >= 0.6 is 23.2 Å². The van der Waals surface area contributed by atoms with Crippen molar-refractivity contribution in [1.82, 2.24) is 0 Å². The van der Waals surface area contributed by atoms with E-state index in [-0.39, 0.29) is 5.69 Å². The zero-order valence-electron chi connectivity index (χ0n) is 10.0. The summed E-state index contributed by atoms with van der Waals surface area (Å²) in [4.78, 5) is 12.3. The summed E-state index contributed by atoms with van der Waals surface area (Å²) >= 11 is 12.3. The van der Waals surface area contributed by atoms with Gasteiger partial charge in [0.15, 0.2) is 0 Å². The molecule has 0 N–H and O–H groups in total. The molecular formula is C12H14Cl2N2O2. The summed E-state index contributed by atoms with van der Waals surface area (Å²) in [6, 6.07) is 2.73. The van der Waals surface area contributed by atoms with Gasteiger partial charge in [0.1, 0.15) is 0 Å². The van der Waals surface area contributed by atoms with Gasteiger partial charge in [0.05, 0.1) is 20.7 Å². The number of nitro groups is 1. The molecule has 1 aromatic carbocycles. The molecule has 1 saturated heterocycles. The fraction of sp³-hybridized carbons (Fsp3) is 0.500. The smallest absolute Gasteiger partial charge is 0.272 e. The van der Waals surface area contributed by atoms with Crippen LogP contribution in [0.5, 0.6) is 0 Å². The highest BCUT2D eigenvalue weighted by Crippen LogP contribution is 2.39. The normalized spacial score (nSPS) is 19.9. The molecule has 1 aromatic rings. The van der Waals surface area contributed by atoms with Gasteiger partial charge in [-0.2, -0.15) is 0 Å². The Hall–Kier alpha value is -1.00. The molecule has 0 radical (unpaired) electrons. The summed E-state index contributed by atoms with van der Waals surface area (Å²) in [5, 5.41) is 11.4. The summed E-state index contributed by atoms with van der Waals surface area (Å²) in [7, 11) is 0. The first-order valence-corrected chi connectivity index (χ1v) is 6.63. The Morgan fingerprint density at radius 1 is 1.39 bits per heavy atom. The lowest BCUT2D eigenvalue weighted by atomic mass is 10.00. The Morgan fingerprint density at radius 3 is 2.50 bits per heavy atom. The highest BCUT2D eigenvalue weighted by molar-refractivity contribution is 6.39. The predicted octanol–water partition coefficient (Wildman–Crippen LogP) is 4.14. The summed E-state index contributed by atoms with van der Waals surface area (Å²) < 4.78 is 0. The molecule has 0 aromatic heterocycles. The van der Waals surface area contributed by atoms with Crippen LogP contribution in [0.25, 0.3) is 0 Å². The van der Waals surface area contributed by atoms with E-state index in [0.717, 1.165) is 25.2 Å². The maximum absolute atomic E-state index is 10.7. The van der Waals surface area contributed by atoms with Crippen LogP contribution in [0, 0.1) is 16.0 Å². The van der Waals surface area contributed by atoms with E-state index in [1.807, 2.05) is 0 Å². The third-order valence-electron chi connectivity index (χ3n) is 3.19. The van der Waals surface area contributed by atoms with Crippen LogP contribution in [0.1, 0.15) is 19.8 Å². The molecule has 1 heterocycles. The van der Waals surface area contributed by atoms with Crippen molar-refractivity contribution in [3.05, 3.63) is 32.3 Å². The molecule has 18 heavy (non-hydrogen) atoms. The lowest BCUT2D eigenvalue weighted by Gasteiger charge is -2.33. The van der Waals surface area contributed by atoms with Crippen molar-refractivity contribution in [3.63, 3.8) is 0 Å². The Labute approximate surface area is 116 Å². The first-order chi connectivity index (χ1) is 8.49. The van der Waals surface area contributed by atoms with E-state index in [1.54, 1.807) is 0 Å². The molecule has 0 bridgehead atoms. The van der Waals surface area contributed by atoms with Gasteiger partial charge in [-0.25, -0.2) is 0 Å². The van der Waals surface area contributed by atoms with Gasteiger partial charge < -0.3 is 4.90 Å². The lowest BCUT2D eigenvalue weighted by molar-refractivity contribution is -0.384. The lowest BCUT2D eigenvalue weighted by Crippen LogP contribution is -2.34. The average Bonchev–Trinajstić information content (AvgIpc) is 2.27. The van der Waals surface area contributed by atoms with E-state index in [1.165, 1.54) is 18.6 Å². The minimum absolute atomic E-state index is 0.0705. The average molecular weight is 289 g/mol. The van der Waals surface area contributed by atoms with Crippen LogP contribution in [0.3, 0.4) is 0 Å². The van der Waals surface area contributed by atoms with E-state index < -0.39 is 4.92 Å². The van der Waals surface area contributed by atoms with Crippen molar-refractivity contribution in [2.24, 2.45) is 5.92 Å². The van der Waals surface area contributed by atoms with Gasteiger partial charge in [-0.05, 0) is 18.8 Å². The largest absolute Gasteiger partial charge is 0.369 e. The van der Waals surface area contributed by atoms with E-state index in [0.29, 0.717) is 16.0 Å². The Balaban J connectivity index is 2.36. The van der Waals surface area contributed by atoms with E-state index in [2.05, 4.69) is 11.8 Å². The van der Waals surface area contributed by atoms with Crippen molar-refractivity contribution in [1.29, 1.82) is 0 Å². The van der Waals surface area contributed by atoms with Crippen LogP contribution < -0.4 is 4.90 Å². The van der Waals surface area contributed by atoms with E-state index in [9.17, 15) is 10.1 Å². The summed E-state index contributed by atoms with van der Waals surface area (Å²) in [6.07, 6.45) is 2.28. The van der Waals surface area contributed by atoms with Gasteiger partial charge in [-0.3, -0.25) is 10.1 Å². The highest BCUT2D eigenvalue weighted by atomic mass is 35.5. The fourth-order valence-corrected chi connectivity index (χ4v) is 3.07. The molecule has 1 fully saturated rings. The topological polar surface area (TPSA) is 46.4 Å². The van der Waals surface area contributed by atoms with Gasteiger partial charge >= 0.3 is 0 Å². The summed E-state index contributed by atoms with van der Waals surface area (Å²) in [6.45, 7) is 3.96. The number of piperidine rings is 1. The minimum Gasteiger partial charge on any atom is -0.369 e. The number of non-ortho nitro benzene ring substituents is 1. The number of benzene rings is 1. The Kier molecular flexibility index (Phi) is 3.97. The van der Waals surface area contributed by atoms with Gasteiger partial charge in [-0.15, -0.1) is 0 Å². The number of nitrogens with zero attached hydrogens (tertiary/aromatic N) is 2. The molecule has 1 aliphatic rings. The maximum Gasteiger partial charge on any atom is 0.272 e. The van der Waals surface area contributed by atoms with Crippen LogP contribution in [0.4, 0.5) is 11.4 Å². The number of halogens is 2. The maximum atomic E-state index is 10.7. The molecule has 0 saturated carbocycles. The second kappa shape index (κ2) is 5.33. The van der Waals surface area contributed by atoms with Gasteiger partial charge in [0.25, 0.3) is 5.69 Å². The molecular weight excluding hydrogens is 275 g/mol. The molecule has 6 heteroatoms. The monoisotopic (exact) mass is 288 g/mol. The zero-order chi connectivity index (χ0) is 13.3. The molecule has 4 nitrogen and oxygen atoms in total. The SMILES string of the molecule is C[C@@H]1CCCN(c2c(Cl)cc([N+](=O)[O-])cc2Cl)C1. The number of hydrogen-bond acceptors (Lipinski definition) is 3. The standard InChI is InChI=1S/C12H14Cl2N2O2/c1-8-3-2-4-15(7-8)12-10(13)5-9(16(17)18)6-11(12)14/h5-6,8H,2-4,7H2,1H3/t8-/m1/s1. The molecule has 2 rings (SSSR count). The van der Waals surface area contributed by atoms with E-state index >= 15 is 0 Å². The molecule has 0 amide bonds. The number of rotatable bonds is 2. The predicted molar refractivity (Wildman–Crippen MR) is 73.7 cm³/mol. The zero-order valence-corrected chi connectivity index (χ0v) is 11.5. The quantitative estimate of drug-likeness (QED) is 0.607. The third-order valence-corrected chi connectivity index (χ3v) is 3.76. The number of anilines is 1. The molecule has 0 spiro atoms. The first kappa shape index (κ1) is 13.4. The molecule has 1 aliphatic heterocycles. The molecule has 0 aliphatic carbocycles. The Morgan fingerprint density at radius 2 is 2.00 bits per heavy atom. The van der Waals surface area contributed by atoms with Gasteiger partial charge in [0, 0.05) is 25.2 Å². The van der Waals surface area contributed by atoms with Crippen molar-refractivity contribution >= 4 is 34.6 Å². The summed E-state index contributed by atoms with van der Waals surface area (Å²) in [5.41, 5.74) is 0.647. The highest BCUT2D eigenvalue weighted by Gasteiger charge is 2.23.